The molecule has 0 aliphatic heterocycles. The lowest BCUT2D eigenvalue weighted by Crippen LogP contribution is -2.11. The van der Waals surface area contributed by atoms with E-state index in [1.165, 1.54) is 0 Å². The van der Waals surface area contributed by atoms with Gasteiger partial charge < -0.3 is 14.2 Å². The van der Waals surface area contributed by atoms with E-state index >= 15 is 0 Å². The number of benzene rings is 2. The molecule has 0 spiro atoms. The molecule has 0 aliphatic rings. The van der Waals surface area contributed by atoms with Crippen molar-refractivity contribution in [3.05, 3.63) is 57.9 Å². The van der Waals surface area contributed by atoms with Crippen molar-refractivity contribution >= 4 is 17.6 Å². The average Bonchev–Trinajstić information content (AvgIpc) is 2.60. The maximum absolute atomic E-state index is 14.4. The Morgan fingerprint density at radius 2 is 1.86 bits per heavy atom. The molecule has 0 fully saturated rings. The quantitative estimate of drug-likeness (QED) is 0.452. The molecule has 0 aromatic heterocycles. The molecule has 28 heavy (non-hydrogen) atoms. The van der Waals surface area contributed by atoms with E-state index in [0.29, 0.717) is 12.1 Å². The van der Waals surface area contributed by atoms with Gasteiger partial charge >= 0.3 is 18.8 Å². The number of methoxy groups -OCH3 is 1. The van der Waals surface area contributed by atoms with Crippen LogP contribution in [0.15, 0.2) is 30.3 Å². The van der Waals surface area contributed by atoms with Gasteiger partial charge in [0.1, 0.15) is 23.9 Å². The summed E-state index contributed by atoms with van der Waals surface area (Å²) < 4.78 is 90.9. The fourth-order valence-corrected chi connectivity index (χ4v) is 2.37. The molecule has 0 heterocycles. The number of carbonyl (C=O) groups is 1. The topological polar surface area (TPSA) is 44.8 Å². The molecule has 2 rings (SSSR count). The molecule has 0 amide bonds. The van der Waals surface area contributed by atoms with Crippen LogP contribution in [-0.2, 0) is 17.5 Å². The van der Waals surface area contributed by atoms with E-state index in [4.69, 9.17) is 16.3 Å². The number of alkyl halides is 5. The Labute approximate surface area is 159 Å². The van der Waals surface area contributed by atoms with E-state index in [-0.39, 0.29) is 11.3 Å². The molecule has 0 atom stereocenters. The maximum Gasteiger partial charge on any atom is 0.416 e. The molecular formula is C17H11ClF6O4. The molecule has 2 aromatic rings. The van der Waals surface area contributed by atoms with Crippen LogP contribution >= 0.6 is 11.6 Å². The molecular weight excluding hydrogens is 418 g/mol. The van der Waals surface area contributed by atoms with Gasteiger partial charge in [-0.05, 0) is 30.3 Å². The Hall–Kier alpha value is -2.62. The van der Waals surface area contributed by atoms with Gasteiger partial charge in [0.2, 0.25) is 0 Å². The smallest absolute Gasteiger partial charge is 0.416 e. The highest BCUT2D eigenvalue weighted by molar-refractivity contribution is 6.32. The second-order valence-electron chi connectivity index (χ2n) is 5.25. The zero-order valence-electron chi connectivity index (χ0n) is 13.9. The number of esters is 1. The van der Waals surface area contributed by atoms with E-state index in [1.807, 2.05) is 0 Å². The standard InChI is InChI=1S/C17H11ClF6O4/c1-26-15(25)11-6-10(28-16(20)21)4-8(14(11)19)7-27-13-3-2-9(5-12(13)18)17(22,23)24/h2-6,16H,7H2,1H3. The fourth-order valence-electron chi connectivity index (χ4n) is 2.14. The molecule has 0 radical (unpaired) electrons. The number of rotatable bonds is 6. The van der Waals surface area contributed by atoms with Gasteiger partial charge in [0, 0.05) is 5.56 Å². The first-order valence-corrected chi connectivity index (χ1v) is 7.75. The van der Waals surface area contributed by atoms with Crippen LogP contribution in [-0.4, -0.2) is 19.7 Å². The highest BCUT2D eigenvalue weighted by Gasteiger charge is 2.31. The lowest BCUT2D eigenvalue weighted by molar-refractivity contribution is -0.137. The lowest BCUT2D eigenvalue weighted by atomic mass is 10.1. The van der Waals surface area contributed by atoms with Crippen molar-refractivity contribution in [2.45, 2.75) is 19.4 Å². The summed E-state index contributed by atoms with van der Waals surface area (Å²) in [6.07, 6.45) is -4.62. The Morgan fingerprint density at radius 3 is 2.39 bits per heavy atom. The van der Waals surface area contributed by atoms with Gasteiger partial charge in [0.15, 0.2) is 0 Å². The Kier molecular flexibility index (Phi) is 6.65. The normalized spacial score (nSPS) is 11.5. The lowest BCUT2D eigenvalue weighted by Gasteiger charge is -2.14. The summed E-state index contributed by atoms with van der Waals surface area (Å²) in [5, 5.41) is -0.400. The van der Waals surface area contributed by atoms with Gasteiger partial charge in [-0.25, -0.2) is 9.18 Å². The Bertz CT molecular complexity index is 869. The average molecular weight is 429 g/mol. The van der Waals surface area contributed by atoms with E-state index in [1.54, 1.807) is 0 Å². The molecule has 0 bridgehead atoms. The summed E-state index contributed by atoms with van der Waals surface area (Å²) in [6.45, 7) is -3.88. The third kappa shape index (κ3) is 5.22. The summed E-state index contributed by atoms with van der Waals surface area (Å²) in [4.78, 5) is 11.6. The third-order valence-electron chi connectivity index (χ3n) is 3.39. The van der Waals surface area contributed by atoms with Gasteiger partial charge in [-0.15, -0.1) is 0 Å². The highest BCUT2D eigenvalue weighted by atomic mass is 35.5. The van der Waals surface area contributed by atoms with Crippen LogP contribution in [0.2, 0.25) is 5.02 Å². The van der Waals surface area contributed by atoms with Crippen molar-refractivity contribution in [3.63, 3.8) is 0 Å². The molecule has 2 aromatic carbocycles. The molecule has 11 heteroatoms. The summed E-state index contributed by atoms with van der Waals surface area (Å²) in [5.41, 5.74) is -2.08. The maximum atomic E-state index is 14.4. The van der Waals surface area contributed by atoms with E-state index in [0.717, 1.165) is 25.3 Å². The molecule has 0 saturated carbocycles. The number of carbonyl (C=O) groups excluding carboxylic acids is 1. The summed E-state index contributed by atoms with van der Waals surface area (Å²) >= 11 is 5.73. The van der Waals surface area contributed by atoms with Crippen molar-refractivity contribution in [3.8, 4) is 11.5 Å². The van der Waals surface area contributed by atoms with Crippen molar-refractivity contribution in [1.82, 2.24) is 0 Å². The minimum Gasteiger partial charge on any atom is -0.487 e. The molecule has 152 valence electrons. The van der Waals surface area contributed by atoms with Gasteiger partial charge in [-0.2, -0.15) is 22.0 Å². The third-order valence-corrected chi connectivity index (χ3v) is 3.69. The predicted molar refractivity (Wildman–Crippen MR) is 85.2 cm³/mol. The second-order valence-corrected chi connectivity index (χ2v) is 5.65. The number of hydrogen-bond acceptors (Lipinski definition) is 4. The van der Waals surface area contributed by atoms with Gasteiger partial charge in [0.25, 0.3) is 0 Å². The second kappa shape index (κ2) is 8.59. The molecule has 4 nitrogen and oxygen atoms in total. The summed E-state index contributed by atoms with van der Waals surface area (Å²) in [6, 6.07) is 3.81. The van der Waals surface area contributed by atoms with Crippen molar-refractivity contribution < 1.29 is 45.3 Å². The largest absolute Gasteiger partial charge is 0.487 e. The predicted octanol–water partition coefficient (Wildman–Crippen LogP) is 5.46. The van der Waals surface area contributed by atoms with Crippen LogP contribution < -0.4 is 9.47 Å². The van der Waals surface area contributed by atoms with Crippen molar-refractivity contribution in [2.24, 2.45) is 0 Å². The van der Waals surface area contributed by atoms with Crippen molar-refractivity contribution in [2.75, 3.05) is 7.11 Å². The monoisotopic (exact) mass is 428 g/mol. The summed E-state index contributed by atoms with van der Waals surface area (Å²) in [5.74, 6) is -3.02. The van der Waals surface area contributed by atoms with Crippen LogP contribution in [0.1, 0.15) is 21.5 Å². The SMILES string of the molecule is COC(=O)c1cc(OC(F)F)cc(COc2ccc(C(F)(F)F)cc2Cl)c1F. The minimum atomic E-state index is -4.62. The molecule has 0 unspecified atom stereocenters. The minimum absolute atomic E-state index is 0.214. The van der Waals surface area contributed by atoms with E-state index < -0.39 is 53.1 Å². The zero-order chi connectivity index (χ0) is 21.1. The first kappa shape index (κ1) is 21.7. The number of hydrogen-bond donors (Lipinski definition) is 0. The zero-order valence-corrected chi connectivity index (χ0v) is 14.7. The van der Waals surface area contributed by atoms with Crippen LogP contribution in [0.25, 0.3) is 0 Å². The van der Waals surface area contributed by atoms with Crippen LogP contribution in [0.3, 0.4) is 0 Å². The first-order valence-electron chi connectivity index (χ1n) is 7.38. The molecule has 0 aliphatic carbocycles. The van der Waals surface area contributed by atoms with Crippen molar-refractivity contribution in [1.29, 1.82) is 0 Å². The van der Waals surface area contributed by atoms with Crippen LogP contribution in [0, 0.1) is 5.82 Å². The Balaban J connectivity index is 2.31. The Morgan fingerprint density at radius 1 is 1.18 bits per heavy atom. The van der Waals surface area contributed by atoms with E-state index in [2.05, 4.69) is 9.47 Å². The van der Waals surface area contributed by atoms with E-state index in [9.17, 15) is 31.1 Å². The number of ether oxygens (including phenoxy) is 3. The van der Waals surface area contributed by atoms with Gasteiger partial charge in [-0.3, -0.25) is 0 Å². The van der Waals surface area contributed by atoms with Gasteiger partial charge in [0.05, 0.1) is 23.3 Å². The molecule has 0 saturated heterocycles. The van der Waals surface area contributed by atoms with Crippen LogP contribution in [0.4, 0.5) is 26.3 Å². The highest BCUT2D eigenvalue weighted by Crippen LogP contribution is 2.35. The van der Waals surface area contributed by atoms with Gasteiger partial charge in [-0.1, -0.05) is 11.6 Å². The first-order chi connectivity index (χ1) is 13.0. The number of halogens is 7. The molecule has 0 N–H and O–H groups in total. The van der Waals surface area contributed by atoms with Crippen LogP contribution in [0.5, 0.6) is 11.5 Å². The fraction of sp³-hybridized carbons (Fsp3) is 0.235. The summed E-state index contributed by atoms with van der Waals surface area (Å²) in [7, 11) is 0.959.